The number of nitrogens with one attached hydrogen (secondary N) is 1. The molecule has 0 aliphatic heterocycles. The molecule has 1 amide bonds. The smallest absolute Gasteiger partial charge is 0.383 e. The maximum Gasteiger partial charge on any atom is 0.406 e. The van der Waals surface area contributed by atoms with Crippen LogP contribution in [0.15, 0.2) is 12.1 Å². The molecule has 0 spiro atoms. The highest BCUT2D eigenvalue weighted by Crippen LogP contribution is 2.24. The van der Waals surface area contributed by atoms with Crippen LogP contribution in [-0.4, -0.2) is 36.6 Å². The second-order valence-electron chi connectivity index (χ2n) is 4.71. The highest BCUT2D eigenvalue weighted by Gasteiger charge is 2.35. The predicted molar refractivity (Wildman–Crippen MR) is 68.1 cm³/mol. The maximum absolute atomic E-state index is 13.6. The monoisotopic (exact) mass is 310 g/mol. The zero-order valence-electron chi connectivity index (χ0n) is 11.7. The molecule has 0 aliphatic rings. The van der Waals surface area contributed by atoms with Crippen LogP contribution in [0.2, 0.25) is 0 Å². The van der Waals surface area contributed by atoms with Crippen LogP contribution < -0.4 is 5.32 Å². The van der Waals surface area contributed by atoms with Crippen molar-refractivity contribution in [2.75, 3.05) is 18.9 Å². The molecule has 0 heterocycles. The van der Waals surface area contributed by atoms with Crippen LogP contribution in [0.4, 0.5) is 27.6 Å². The van der Waals surface area contributed by atoms with Gasteiger partial charge in [-0.2, -0.15) is 13.2 Å². The highest BCUT2D eigenvalue weighted by atomic mass is 19.4. The first-order valence-electron chi connectivity index (χ1n) is 6.11. The quantitative estimate of drug-likeness (QED) is 0.864. The van der Waals surface area contributed by atoms with Gasteiger partial charge in [-0.25, -0.2) is 8.78 Å². The lowest BCUT2D eigenvalue weighted by atomic mass is 10.1. The second-order valence-corrected chi connectivity index (χ2v) is 4.71. The topological polar surface area (TPSA) is 32.3 Å². The van der Waals surface area contributed by atoms with Crippen LogP contribution >= 0.6 is 0 Å². The molecule has 1 aromatic carbocycles. The van der Waals surface area contributed by atoms with Gasteiger partial charge in [0.05, 0.1) is 0 Å². The van der Waals surface area contributed by atoms with Gasteiger partial charge < -0.3 is 10.2 Å². The minimum Gasteiger partial charge on any atom is -0.383 e. The summed E-state index contributed by atoms with van der Waals surface area (Å²) >= 11 is 0. The summed E-state index contributed by atoms with van der Waals surface area (Å²) in [5.74, 6) is -3.17. The predicted octanol–water partition coefficient (Wildman–Crippen LogP) is 3.42. The van der Waals surface area contributed by atoms with Gasteiger partial charge in [-0.05, 0) is 26.0 Å². The van der Waals surface area contributed by atoms with E-state index in [0.29, 0.717) is 17.0 Å². The Kier molecular flexibility index (Phi) is 5.14. The molecule has 1 N–H and O–H groups in total. The molecule has 8 heteroatoms. The van der Waals surface area contributed by atoms with Crippen molar-refractivity contribution >= 4 is 11.6 Å². The molecule has 0 unspecified atom stereocenters. The van der Waals surface area contributed by atoms with E-state index in [1.54, 1.807) is 0 Å². The summed E-state index contributed by atoms with van der Waals surface area (Å²) in [6.07, 6.45) is -4.60. The van der Waals surface area contributed by atoms with Crippen molar-refractivity contribution in [3.05, 3.63) is 29.3 Å². The fourth-order valence-electron chi connectivity index (χ4n) is 1.78. The Morgan fingerprint density at radius 2 is 1.71 bits per heavy atom. The molecule has 0 atom stereocenters. The van der Waals surface area contributed by atoms with Gasteiger partial charge in [-0.1, -0.05) is 0 Å². The van der Waals surface area contributed by atoms with E-state index < -0.39 is 47.6 Å². The van der Waals surface area contributed by atoms with E-state index in [9.17, 15) is 26.7 Å². The highest BCUT2D eigenvalue weighted by molar-refractivity contribution is 5.95. The lowest BCUT2D eigenvalue weighted by Gasteiger charge is -2.28. The Morgan fingerprint density at radius 1 is 1.24 bits per heavy atom. The molecule has 1 rings (SSSR count). The number of amides is 1. The lowest BCUT2D eigenvalue weighted by Crippen LogP contribution is -2.43. The molecule has 0 aromatic heterocycles. The molecule has 21 heavy (non-hydrogen) atoms. The van der Waals surface area contributed by atoms with Gasteiger partial charge in [0.2, 0.25) is 0 Å². The van der Waals surface area contributed by atoms with Crippen molar-refractivity contribution in [3.8, 4) is 0 Å². The van der Waals surface area contributed by atoms with Crippen LogP contribution in [0.3, 0.4) is 0 Å². The van der Waals surface area contributed by atoms with Gasteiger partial charge >= 0.3 is 6.18 Å². The number of hydrogen-bond acceptors (Lipinski definition) is 2. The number of carbonyl (C=O) groups excluding carboxylic acids is 1. The number of rotatable bonds is 4. The lowest BCUT2D eigenvalue weighted by molar-refractivity contribution is -0.143. The zero-order chi connectivity index (χ0) is 16.4. The van der Waals surface area contributed by atoms with E-state index in [4.69, 9.17) is 0 Å². The van der Waals surface area contributed by atoms with Crippen molar-refractivity contribution in [3.63, 3.8) is 0 Å². The summed E-state index contributed by atoms with van der Waals surface area (Å²) in [6, 6.07) is 0.653. The summed E-state index contributed by atoms with van der Waals surface area (Å²) in [5, 5.41) is 2.26. The largest absolute Gasteiger partial charge is 0.406 e. The summed E-state index contributed by atoms with van der Waals surface area (Å²) in [4.78, 5) is 12.5. The summed E-state index contributed by atoms with van der Waals surface area (Å²) in [6.45, 7) is 1.29. The maximum atomic E-state index is 13.6. The SMILES string of the molecule is CNc1c(F)cc(C(=O)N(CC(F)(F)F)C(C)C)cc1F. The molecule has 0 aliphatic carbocycles. The van der Waals surface area contributed by atoms with Crippen molar-refractivity contribution in [2.24, 2.45) is 0 Å². The molecule has 0 radical (unpaired) electrons. The average Bonchev–Trinajstić information content (AvgIpc) is 2.33. The molecule has 0 bridgehead atoms. The number of hydrogen-bond donors (Lipinski definition) is 1. The van der Waals surface area contributed by atoms with E-state index >= 15 is 0 Å². The first kappa shape index (κ1) is 17.2. The molecular formula is C13H15F5N2O. The van der Waals surface area contributed by atoms with Crippen LogP contribution in [0.25, 0.3) is 0 Å². The Labute approximate surface area is 118 Å². The van der Waals surface area contributed by atoms with Gasteiger partial charge in [0.1, 0.15) is 23.9 Å². The summed E-state index contributed by atoms with van der Waals surface area (Å²) in [7, 11) is 1.28. The second kappa shape index (κ2) is 6.28. The Balaban J connectivity index is 3.16. The Bertz CT molecular complexity index is 505. The van der Waals surface area contributed by atoms with Crippen molar-refractivity contribution in [1.29, 1.82) is 0 Å². The van der Waals surface area contributed by atoms with Crippen molar-refractivity contribution in [1.82, 2.24) is 4.90 Å². The van der Waals surface area contributed by atoms with E-state index in [-0.39, 0.29) is 0 Å². The zero-order valence-corrected chi connectivity index (χ0v) is 11.7. The van der Waals surface area contributed by atoms with Crippen LogP contribution in [0, 0.1) is 11.6 Å². The standard InChI is InChI=1S/C13H15F5N2O/c1-7(2)20(6-13(16,17)18)12(21)8-4-9(14)11(19-3)10(15)5-8/h4-5,7,19H,6H2,1-3H3. The minimum atomic E-state index is -4.60. The first-order chi connectivity index (χ1) is 9.56. The molecule has 0 saturated carbocycles. The fraction of sp³-hybridized carbons (Fsp3) is 0.462. The average molecular weight is 310 g/mol. The molecule has 1 aromatic rings. The number of alkyl halides is 3. The minimum absolute atomic E-state index is 0.446. The third kappa shape index (κ3) is 4.30. The van der Waals surface area contributed by atoms with E-state index in [2.05, 4.69) is 5.32 Å². The number of carbonyl (C=O) groups is 1. The number of nitrogens with zero attached hydrogens (tertiary/aromatic N) is 1. The van der Waals surface area contributed by atoms with Crippen LogP contribution in [-0.2, 0) is 0 Å². The van der Waals surface area contributed by atoms with Gasteiger partial charge in [-0.15, -0.1) is 0 Å². The number of anilines is 1. The molecule has 3 nitrogen and oxygen atoms in total. The Morgan fingerprint density at radius 3 is 2.05 bits per heavy atom. The number of benzene rings is 1. The molecular weight excluding hydrogens is 295 g/mol. The van der Waals surface area contributed by atoms with E-state index in [1.807, 2.05) is 0 Å². The number of halogens is 5. The third-order valence-electron chi connectivity index (χ3n) is 2.77. The van der Waals surface area contributed by atoms with Crippen molar-refractivity contribution in [2.45, 2.75) is 26.1 Å². The molecule has 0 saturated heterocycles. The molecule has 0 fully saturated rings. The summed E-state index contributed by atoms with van der Waals surface area (Å²) in [5.41, 5.74) is -0.916. The van der Waals surface area contributed by atoms with Gasteiger partial charge in [-0.3, -0.25) is 4.79 Å². The normalized spacial score (nSPS) is 11.7. The van der Waals surface area contributed by atoms with Gasteiger partial charge in [0, 0.05) is 18.7 Å². The van der Waals surface area contributed by atoms with E-state index in [0.717, 1.165) is 0 Å². The van der Waals surface area contributed by atoms with Crippen molar-refractivity contribution < 1.29 is 26.7 Å². The fourth-order valence-corrected chi connectivity index (χ4v) is 1.78. The molecule has 118 valence electrons. The van der Waals surface area contributed by atoms with E-state index in [1.165, 1.54) is 20.9 Å². The van der Waals surface area contributed by atoms with Gasteiger partial charge in [0.25, 0.3) is 5.91 Å². The Hall–Kier alpha value is -1.86. The van der Waals surface area contributed by atoms with Crippen LogP contribution in [0.1, 0.15) is 24.2 Å². The third-order valence-corrected chi connectivity index (χ3v) is 2.77. The first-order valence-corrected chi connectivity index (χ1v) is 6.11. The van der Waals surface area contributed by atoms with Crippen LogP contribution in [0.5, 0.6) is 0 Å². The summed E-state index contributed by atoms with van der Waals surface area (Å²) < 4.78 is 64.6. The van der Waals surface area contributed by atoms with Gasteiger partial charge in [0.15, 0.2) is 0 Å².